The monoisotopic (exact) mass is 324 g/mol. The van der Waals surface area contributed by atoms with Gasteiger partial charge >= 0.3 is 0 Å². The number of nitrogens with one attached hydrogen (secondary N) is 1. The van der Waals surface area contributed by atoms with Gasteiger partial charge in [0.2, 0.25) is 10.0 Å². The standard InChI is InChI=1S/C15H17ClN2O2S/c1-10-9-12(7-8-15(10)17)21(19,20)18-11(2)13-5-3-4-6-14(13)16/h3-9,11,18H,17H2,1-2H3. The van der Waals surface area contributed by atoms with Crippen LogP contribution in [-0.2, 0) is 10.0 Å². The van der Waals surface area contributed by atoms with Gasteiger partial charge in [0.15, 0.2) is 0 Å². The van der Waals surface area contributed by atoms with Crippen molar-refractivity contribution in [3.05, 3.63) is 58.6 Å². The lowest BCUT2D eigenvalue weighted by molar-refractivity contribution is 0.567. The van der Waals surface area contributed by atoms with E-state index in [2.05, 4.69) is 4.72 Å². The third-order valence-corrected chi connectivity index (χ3v) is 5.14. The fraction of sp³-hybridized carbons (Fsp3) is 0.200. The zero-order valence-electron chi connectivity index (χ0n) is 11.8. The predicted octanol–water partition coefficient (Wildman–Crippen LogP) is 3.27. The maximum atomic E-state index is 12.4. The van der Waals surface area contributed by atoms with E-state index in [4.69, 9.17) is 17.3 Å². The molecule has 0 bridgehead atoms. The van der Waals surface area contributed by atoms with Crippen LogP contribution in [0.3, 0.4) is 0 Å². The number of anilines is 1. The van der Waals surface area contributed by atoms with Crippen LogP contribution in [0.4, 0.5) is 5.69 Å². The first-order valence-electron chi connectivity index (χ1n) is 6.44. The number of sulfonamides is 1. The van der Waals surface area contributed by atoms with Crippen molar-refractivity contribution in [1.29, 1.82) is 0 Å². The Morgan fingerprint density at radius 2 is 1.86 bits per heavy atom. The highest BCUT2D eigenvalue weighted by Crippen LogP contribution is 2.24. The summed E-state index contributed by atoms with van der Waals surface area (Å²) in [7, 11) is -3.63. The maximum Gasteiger partial charge on any atom is 0.241 e. The molecule has 0 spiro atoms. The van der Waals surface area contributed by atoms with E-state index in [1.807, 2.05) is 6.07 Å². The Hall–Kier alpha value is -1.56. The smallest absolute Gasteiger partial charge is 0.241 e. The molecule has 0 amide bonds. The average molecular weight is 325 g/mol. The second kappa shape index (κ2) is 6.05. The highest BCUT2D eigenvalue weighted by atomic mass is 35.5. The summed E-state index contributed by atoms with van der Waals surface area (Å²) in [6.45, 7) is 3.52. The van der Waals surface area contributed by atoms with Crippen LogP contribution in [0.15, 0.2) is 47.4 Å². The quantitative estimate of drug-likeness (QED) is 0.848. The lowest BCUT2D eigenvalue weighted by Gasteiger charge is -2.16. The van der Waals surface area contributed by atoms with Crippen molar-refractivity contribution < 1.29 is 8.42 Å². The average Bonchev–Trinajstić information content (AvgIpc) is 2.41. The number of halogens is 1. The molecule has 0 aliphatic carbocycles. The third-order valence-electron chi connectivity index (χ3n) is 3.26. The summed E-state index contributed by atoms with van der Waals surface area (Å²) in [4.78, 5) is 0.188. The minimum atomic E-state index is -3.63. The lowest BCUT2D eigenvalue weighted by atomic mass is 10.1. The van der Waals surface area contributed by atoms with Gasteiger partial charge in [0.05, 0.1) is 4.90 Å². The number of hydrogen-bond acceptors (Lipinski definition) is 3. The second-order valence-corrected chi connectivity index (χ2v) is 7.00. The minimum Gasteiger partial charge on any atom is -0.399 e. The summed E-state index contributed by atoms with van der Waals surface area (Å²) >= 11 is 6.09. The summed E-state index contributed by atoms with van der Waals surface area (Å²) in [5.41, 5.74) is 7.73. The first-order valence-corrected chi connectivity index (χ1v) is 8.30. The highest BCUT2D eigenvalue weighted by molar-refractivity contribution is 7.89. The SMILES string of the molecule is Cc1cc(S(=O)(=O)NC(C)c2ccccc2Cl)ccc1N. The third kappa shape index (κ3) is 3.56. The Kier molecular flexibility index (Phi) is 4.56. The van der Waals surface area contributed by atoms with Crippen LogP contribution in [0.1, 0.15) is 24.1 Å². The van der Waals surface area contributed by atoms with Gasteiger partial charge in [-0.1, -0.05) is 29.8 Å². The first kappa shape index (κ1) is 15.8. The van der Waals surface area contributed by atoms with Gasteiger partial charge < -0.3 is 5.73 Å². The van der Waals surface area contributed by atoms with Gasteiger partial charge in [-0.2, -0.15) is 0 Å². The number of benzene rings is 2. The maximum absolute atomic E-state index is 12.4. The molecular weight excluding hydrogens is 308 g/mol. The van der Waals surface area contributed by atoms with Crippen LogP contribution >= 0.6 is 11.6 Å². The summed E-state index contributed by atoms with van der Waals surface area (Å²) in [6, 6.07) is 11.3. The van der Waals surface area contributed by atoms with Crippen molar-refractivity contribution in [3.8, 4) is 0 Å². The fourth-order valence-corrected chi connectivity index (χ4v) is 3.61. The van der Waals surface area contributed by atoms with Crippen LogP contribution in [0.25, 0.3) is 0 Å². The molecule has 0 aliphatic rings. The molecule has 21 heavy (non-hydrogen) atoms. The molecule has 0 fully saturated rings. The van der Waals surface area contributed by atoms with Gasteiger partial charge in [0.1, 0.15) is 0 Å². The van der Waals surface area contributed by atoms with Gasteiger partial charge in [-0.25, -0.2) is 13.1 Å². The Bertz CT molecular complexity index is 760. The molecule has 0 aliphatic heterocycles. The van der Waals surface area contributed by atoms with Gasteiger partial charge in [-0.15, -0.1) is 0 Å². The van der Waals surface area contributed by atoms with E-state index in [9.17, 15) is 8.42 Å². The molecule has 0 aromatic heterocycles. The zero-order chi connectivity index (χ0) is 15.6. The lowest BCUT2D eigenvalue weighted by Crippen LogP contribution is -2.27. The van der Waals surface area contributed by atoms with E-state index in [0.29, 0.717) is 10.7 Å². The normalized spacial score (nSPS) is 13.1. The van der Waals surface area contributed by atoms with E-state index in [1.54, 1.807) is 44.2 Å². The molecule has 3 N–H and O–H groups in total. The summed E-state index contributed by atoms with van der Waals surface area (Å²) in [5.74, 6) is 0. The van der Waals surface area contributed by atoms with E-state index in [0.717, 1.165) is 11.1 Å². The molecule has 0 radical (unpaired) electrons. The van der Waals surface area contributed by atoms with Gasteiger partial charge in [0, 0.05) is 16.8 Å². The molecule has 0 saturated heterocycles. The Labute approximate surface area is 130 Å². The molecule has 2 aromatic carbocycles. The van der Waals surface area contributed by atoms with E-state index in [-0.39, 0.29) is 4.90 Å². The van der Waals surface area contributed by atoms with Gasteiger partial charge in [-0.3, -0.25) is 0 Å². The number of nitrogen functional groups attached to an aromatic ring is 1. The number of hydrogen-bond donors (Lipinski definition) is 2. The van der Waals surface area contributed by atoms with Crippen LogP contribution in [0, 0.1) is 6.92 Å². The fourth-order valence-electron chi connectivity index (χ4n) is 2.01. The number of aryl methyl sites for hydroxylation is 1. The molecule has 6 heteroatoms. The van der Waals surface area contributed by atoms with E-state index < -0.39 is 16.1 Å². The largest absolute Gasteiger partial charge is 0.399 e. The zero-order valence-corrected chi connectivity index (χ0v) is 13.4. The molecule has 4 nitrogen and oxygen atoms in total. The highest BCUT2D eigenvalue weighted by Gasteiger charge is 2.20. The molecule has 0 saturated carbocycles. The van der Waals surface area contributed by atoms with Crippen LogP contribution in [0.2, 0.25) is 5.02 Å². The predicted molar refractivity (Wildman–Crippen MR) is 85.8 cm³/mol. The number of nitrogens with two attached hydrogens (primary N) is 1. The molecule has 2 rings (SSSR count). The van der Waals surface area contributed by atoms with Crippen LogP contribution < -0.4 is 10.5 Å². The molecule has 112 valence electrons. The van der Waals surface area contributed by atoms with E-state index >= 15 is 0 Å². The van der Waals surface area contributed by atoms with Crippen molar-refractivity contribution in [3.63, 3.8) is 0 Å². The van der Waals surface area contributed by atoms with Crippen molar-refractivity contribution in [1.82, 2.24) is 4.72 Å². The summed E-state index contributed by atoms with van der Waals surface area (Å²) in [6.07, 6.45) is 0. The molecule has 0 heterocycles. The van der Waals surface area contributed by atoms with Crippen molar-refractivity contribution in [2.75, 3.05) is 5.73 Å². The summed E-state index contributed by atoms with van der Waals surface area (Å²) in [5, 5.41) is 0.529. The van der Waals surface area contributed by atoms with Crippen molar-refractivity contribution in [2.24, 2.45) is 0 Å². The minimum absolute atomic E-state index is 0.188. The molecule has 1 unspecified atom stereocenters. The van der Waals surface area contributed by atoms with E-state index in [1.165, 1.54) is 6.07 Å². The summed E-state index contributed by atoms with van der Waals surface area (Å²) < 4.78 is 27.4. The van der Waals surface area contributed by atoms with Crippen LogP contribution in [-0.4, -0.2) is 8.42 Å². The van der Waals surface area contributed by atoms with Crippen LogP contribution in [0.5, 0.6) is 0 Å². The molecule has 1 atom stereocenters. The topological polar surface area (TPSA) is 72.2 Å². The Morgan fingerprint density at radius 1 is 1.19 bits per heavy atom. The number of rotatable bonds is 4. The van der Waals surface area contributed by atoms with Gasteiger partial charge in [-0.05, 0) is 49.2 Å². The van der Waals surface area contributed by atoms with Crippen molar-refractivity contribution in [2.45, 2.75) is 24.8 Å². The first-order chi connectivity index (χ1) is 9.81. The Balaban J connectivity index is 2.29. The second-order valence-electron chi connectivity index (χ2n) is 4.88. The molecule has 2 aromatic rings. The Morgan fingerprint density at radius 3 is 2.48 bits per heavy atom. The van der Waals surface area contributed by atoms with Gasteiger partial charge in [0.25, 0.3) is 0 Å². The molecular formula is C15H17ClN2O2S. The van der Waals surface area contributed by atoms with Crippen molar-refractivity contribution >= 4 is 27.3 Å².